The van der Waals surface area contributed by atoms with Gasteiger partial charge in [0.1, 0.15) is 5.69 Å². The Morgan fingerprint density at radius 1 is 1.30 bits per heavy atom. The third-order valence-corrected chi connectivity index (χ3v) is 4.88. The third kappa shape index (κ3) is 2.46. The summed E-state index contributed by atoms with van der Waals surface area (Å²) >= 11 is 5.87. The zero-order chi connectivity index (χ0) is 14.3. The van der Waals surface area contributed by atoms with Gasteiger partial charge in [0, 0.05) is 22.7 Å². The number of aromatic nitrogens is 1. The minimum absolute atomic E-state index is 0.269. The van der Waals surface area contributed by atoms with Crippen LogP contribution in [0, 0.1) is 0 Å². The number of rotatable bonds is 2. The Morgan fingerprint density at radius 2 is 2.00 bits per heavy atom. The Bertz CT molecular complexity index is 737. The Balaban J connectivity index is 1.96. The van der Waals surface area contributed by atoms with Gasteiger partial charge in [0.2, 0.25) is 10.0 Å². The van der Waals surface area contributed by atoms with Crippen LogP contribution in [0.4, 0.5) is 0 Å². The molecule has 1 aliphatic rings. The summed E-state index contributed by atoms with van der Waals surface area (Å²) in [6.07, 6.45) is 1.81. The van der Waals surface area contributed by atoms with Crippen molar-refractivity contribution in [1.82, 2.24) is 9.46 Å². The summed E-state index contributed by atoms with van der Waals surface area (Å²) in [4.78, 5) is 0. The molecule has 7 heteroatoms. The molecular formula is C13H13ClN2O3S. The molecule has 0 radical (unpaired) electrons. The maximum Gasteiger partial charge on any atom is 0.211 e. The van der Waals surface area contributed by atoms with Crippen LogP contribution in [-0.4, -0.2) is 30.7 Å². The first-order valence-electron chi connectivity index (χ1n) is 6.13. The maximum atomic E-state index is 11.6. The molecule has 0 fully saturated rings. The number of hydrogen-bond donors (Lipinski definition) is 0. The van der Waals surface area contributed by atoms with Crippen LogP contribution in [-0.2, 0) is 23.0 Å². The van der Waals surface area contributed by atoms with Crippen molar-refractivity contribution in [3.8, 4) is 11.3 Å². The van der Waals surface area contributed by atoms with E-state index in [9.17, 15) is 8.42 Å². The van der Waals surface area contributed by atoms with Gasteiger partial charge in [-0.15, -0.1) is 0 Å². The zero-order valence-corrected chi connectivity index (χ0v) is 12.4. The quantitative estimate of drug-likeness (QED) is 0.853. The Kier molecular flexibility index (Phi) is 3.32. The van der Waals surface area contributed by atoms with E-state index in [0.29, 0.717) is 29.4 Å². The summed E-state index contributed by atoms with van der Waals surface area (Å²) in [5.41, 5.74) is 2.56. The summed E-state index contributed by atoms with van der Waals surface area (Å²) in [7, 11) is -3.20. The van der Waals surface area contributed by atoms with E-state index in [1.165, 1.54) is 10.6 Å². The lowest BCUT2D eigenvalue weighted by Gasteiger charge is -2.23. The molecule has 0 saturated heterocycles. The molecule has 1 aromatic heterocycles. The van der Waals surface area contributed by atoms with E-state index < -0.39 is 10.0 Å². The van der Waals surface area contributed by atoms with Crippen molar-refractivity contribution in [2.75, 3.05) is 12.8 Å². The number of hydrogen-bond acceptors (Lipinski definition) is 4. The average molecular weight is 313 g/mol. The predicted molar refractivity (Wildman–Crippen MR) is 75.9 cm³/mol. The van der Waals surface area contributed by atoms with Gasteiger partial charge < -0.3 is 4.52 Å². The highest BCUT2D eigenvalue weighted by Crippen LogP contribution is 2.31. The first-order valence-corrected chi connectivity index (χ1v) is 8.36. The van der Waals surface area contributed by atoms with E-state index in [-0.39, 0.29) is 6.54 Å². The first kappa shape index (κ1) is 13.6. The van der Waals surface area contributed by atoms with Gasteiger partial charge >= 0.3 is 0 Å². The van der Waals surface area contributed by atoms with Crippen molar-refractivity contribution < 1.29 is 12.9 Å². The molecule has 0 saturated carbocycles. The maximum absolute atomic E-state index is 11.6. The SMILES string of the molecule is CS(=O)(=O)N1CCc2c(noc2-c2ccc(Cl)cc2)C1. The van der Waals surface area contributed by atoms with Gasteiger partial charge in [0.05, 0.1) is 12.8 Å². The van der Waals surface area contributed by atoms with Crippen molar-refractivity contribution >= 4 is 21.6 Å². The molecule has 0 spiro atoms. The second-order valence-electron chi connectivity index (χ2n) is 4.79. The largest absolute Gasteiger partial charge is 0.356 e. The van der Waals surface area contributed by atoms with E-state index in [2.05, 4.69) is 5.16 Å². The van der Waals surface area contributed by atoms with E-state index in [0.717, 1.165) is 11.1 Å². The number of nitrogens with zero attached hydrogens (tertiary/aromatic N) is 2. The molecule has 0 unspecified atom stereocenters. The standard InChI is InChI=1S/C13H13ClN2O3S/c1-20(17,18)16-7-6-11-12(8-16)15-19-13(11)9-2-4-10(14)5-3-9/h2-5H,6-8H2,1H3. The van der Waals surface area contributed by atoms with Crippen LogP contribution in [0.5, 0.6) is 0 Å². The number of halogens is 1. The van der Waals surface area contributed by atoms with E-state index in [4.69, 9.17) is 16.1 Å². The zero-order valence-electron chi connectivity index (χ0n) is 10.8. The summed E-state index contributed by atoms with van der Waals surface area (Å²) in [6.45, 7) is 0.721. The predicted octanol–water partition coefficient (Wildman–Crippen LogP) is 2.31. The smallest absolute Gasteiger partial charge is 0.211 e. The average Bonchev–Trinajstić information content (AvgIpc) is 2.81. The summed E-state index contributed by atoms with van der Waals surface area (Å²) in [6, 6.07) is 7.31. The van der Waals surface area contributed by atoms with Gasteiger partial charge in [-0.05, 0) is 30.7 Å². The lowest BCUT2D eigenvalue weighted by molar-refractivity contribution is 0.373. The molecule has 1 aromatic carbocycles. The van der Waals surface area contributed by atoms with Crippen LogP contribution in [0.1, 0.15) is 11.3 Å². The van der Waals surface area contributed by atoms with Crippen LogP contribution in [0.25, 0.3) is 11.3 Å². The molecule has 2 heterocycles. The number of sulfonamides is 1. The Labute approximate surface area is 122 Å². The highest BCUT2D eigenvalue weighted by molar-refractivity contribution is 7.88. The van der Waals surface area contributed by atoms with E-state index >= 15 is 0 Å². The van der Waals surface area contributed by atoms with Gasteiger partial charge in [0.25, 0.3) is 0 Å². The molecule has 0 bridgehead atoms. The highest BCUT2D eigenvalue weighted by Gasteiger charge is 2.28. The minimum atomic E-state index is -3.20. The van der Waals surface area contributed by atoms with Crippen LogP contribution >= 0.6 is 11.6 Å². The highest BCUT2D eigenvalue weighted by atomic mass is 35.5. The monoisotopic (exact) mass is 312 g/mol. The summed E-state index contributed by atoms with van der Waals surface area (Å²) in [5, 5.41) is 4.66. The molecule has 20 heavy (non-hydrogen) atoms. The Morgan fingerprint density at radius 3 is 2.65 bits per heavy atom. The van der Waals surface area contributed by atoms with Crippen LogP contribution in [0.3, 0.4) is 0 Å². The van der Waals surface area contributed by atoms with Crippen molar-refractivity contribution in [2.24, 2.45) is 0 Å². The van der Waals surface area contributed by atoms with Gasteiger partial charge in [-0.1, -0.05) is 16.8 Å². The second kappa shape index (κ2) is 4.87. The third-order valence-electron chi connectivity index (χ3n) is 3.38. The van der Waals surface area contributed by atoms with Crippen LogP contribution in [0.15, 0.2) is 28.8 Å². The molecule has 3 rings (SSSR count). The van der Waals surface area contributed by atoms with Crippen molar-refractivity contribution in [2.45, 2.75) is 13.0 Å². The Hall–Kier alpha value is -1.37. The van der Waals surface area contributed by atoms with E-state index in [1.807, 2.05) is 12.1 Å². The van der Waals surface area contributed by atoms with Crippen molar-refractivity contribution in [3.63, 3.8) is 0 Å². The molecule has 0 N–H and O–H groups in total. The van der Waals surface area contributed by atoms with E-state index in [1.54, 1.807) is 12.1 Å². The van der Waals surface area contributed by atoms with Crippen molar-refractivity contribution in [3.05, 3.63) is 40.5 Å². The van der Waals surface area contributed by atoms with Gasteiger partial charge in [-0.3, -0.25) is 0 Å². The summed E-state index contributed by atoms with van der Waals surface area (Å²) < 4.78 is 29.9. The molecule has 2 aromatic rings. The normalized spacial score (nSPS) is 16.1. The van der Waals surface area contributed by atoms with Crippen LogP contribution in [0.2, 0.25) is 5.02 Å². The molecule has 106 valence electrons. The second-order valence-corrected chi connectivity index (χ2v) is 7.21. The molecular weight excluding hydrogens is 300 g/mol. The molecule has 1 aliphatic heterocycles. The lowest BCUT2D eigenvalue weighted by Crippen LogP contribution is -2.35. The number of fused-ring (bicyclic) bond motifs is 1. The fraction of sp³-hybridized carbons (Fsp3) is 0.308. The fourth-order valence-corrected chi connectivity index (χ4v) is 3.22. The topological polar surface area (TPSA) is 63.4 Å². The van der Waals surface area contributed by atoms with Crippen molar-refractivity contribution in [1.29, 1.82) is 0 Å². The fourth-order valence-electron chi connectivity index (χ4n) is 2.32. The first-order chi connectivity index (χ1) is 9.45. The van der Waals surface area contributed by atoms with Crippen LogP contribution < -0.4 is 0 Å². The van der Waals surface area contributed by atoms with Gasteiger partial charge in [0.15, 0.2) is 5.76 Å². The van der Waals surface area contributed by atoms with Gasteiger partial charge in [-0.25, -0.2) is 8.42 Å². The van der Waals surface area contributed by atoms with Gasteiger partial charge in [-0.2, -0.15) is 4.31 Å². The molecule has 5 nitrogen and oxygen atoms in total. The molecule has 0 aliphatic carbocycles. The molecule has 0 atom stereocenters. The summed E-state index contributed by atoms with van der Waals surface area (Å²) in [5.74, 6) is 0.699. The molecule has 0 amide bonds. The number of benzene rings is 1. The lowest BCUT2D eigenvalue weighted by atomic mass is 10.0. The minimum Gasteiger partial charge on any atom is -0.356 e.